The van der Waals surface area contributed by atoms with Crippen LogP contribution in [0.15, 0.2) is 91.0 Å². The van der Waals surface area contributed by atoms with Crippen LogP contribution in [-0.2, 0) is 15.1 Å². The van der Waals surface area contributed by atoms with E-state index in [1.807, 2.05) is 91.0 Å². The third kappa shape index (κ3) is 3.54. The molecule has 0 aliphatic heterocycles. The first kappa shape index (κ1) is 18.3. The van der Waals surface area contributed by atoms with Crippen LogP contribution in [0.1, 0.15) is 23.6 Å². The van der Waals surface area contributed by atoms with Crippen LogP contribution in [0.5, 0.6) is 0 Å². The van der Waals surface area contributed by atoms with Crippen molar-refractivity contribution in [3.05, 3.63) is 108 Å². The zero-order valence-corrected chi connectivity index (χ0v) is 17.7. The molecule has 0 spiro atoms. The van der Waals surface area contributed by atoms with E-state index >= 15 is 0 Å². The first-order valence-corrected chi connectivity index (χ1v) is 7.59. The van der Waals surface area contributed by atoms with E-state index in [0.717, 1.165) is 16.7 Å². The fraction of sp³-hybridized carbons (Fsp3) is 0.0952. The van der Waals surface area contributed by atoms with E-state index in [1.54, 1.807) is 0 Å². The normalized spacial score (nSPS) is 10.5. The molecule has 0 aliphatic rings. The summed E-state index contributed by atoms with van der Waals surface area (Å²) in [7, 11) is 0. The third-order valence-electron chi connectivity index (χ3n) is 3.84. The number of rotatable bonds is 4. The SMILES string of the molecule is CC(=O)OC(c1ccccc1)(c1ccccc1)c1ccccc1.[SnH2]. The summed E-state index contributed by atoms with van der Waals surface area (Å²) < 4.78 is 5.96. The summed E-state index contributed by atoms with van der Waals surface area (Å²) in [5.74, 6) is -0.318. The van der Waals surface area contributed by atoms with Gasteiger partial charge in [-0.3, -0.25) is 4.79 Å². The molecule has 0 aliphatic carbocycles. The van der Waals surface area contributed by atoms with Crippen molar-refractivity contribution in [2.45, 2.75) is 12.5 Å². The quantitative estimate of drug-likeness (QED) is 0.364. The van der Waals surface area contributed by atoms with E-state index in [4.69, 9.17) is 4.74 Å². The molecule has 0 bridgehead atoms. The van der Waals surface area contributed by atoms with E-state index in [1.165, 1.54) is 6.92 Å². The van der Waals surface area contributed by atoms with Crippen LogP contribution < -0.4 is 0 Å². The van der Waals surface area contributed by atoms with E-state index in [2.05, 4.69) is 0 Å². The monoisotopic (exact) mass is 424 g/mol. The van der Waals surface area contributed by atoms with Crippen molar-refractivity contribution in [1.82, 2.24) is 0 Å². The number of hydrogen-bond donors (Lipinski definition) is 0. The Hall–Kier alpha value is -2.07. The van der Waals surface area contributed by atoms with Crippen LogP contribution in [0.3, 0.4) is 0 Å². The van der Waals surface area contributed by atoms with Gasteiger partial charge < -0.3 is 4.74 Å². The van der Waals surface area contributed by atoms with Crippen molar-refractivity contribution in [1.29, 1.82) is 0 Å². The van der Waals surface area contributed by atoms with Gasteiger partial charge in [0.2, 0.25) is 0 Å². The molecule has 0 heterocycles. The standard InChI is InChI=1S/C21H18O2.Sn.2H/c1-17(22)23-21(18-11-5-2-6-12-18,19-13-7-3-8-14-19)20-15-9-4-10-16-20;;;/h2-16H,1H3;;;. The zero-order valence-electron chi connectivity index (χ0n) is 13.7. The molecule has 120 valence electrons. The van der Waals surface area contributed by atoms with Crippen molar-refractivity contribution in [2.75, 3.05) is 0 Å². The number of hydrogen-bond acceptors (Lipinski definition) is 2. The van der Waals surface area contributed by atoms with Gasteiger partial charge in [-0.05, 0) is 0 Å². The minimum absolute atomic E-state index is 0. The second-order valence-electron chi connectivity index (χ2n) is 5.37. The Morgan fingerprint density at radius 2 is 0.958 bits per heavy atom. The average Bonchev–Trinajstić information content (AvgIpc) is 2.62. The maximum atomic E-state index is 12.0. The summed E-state index contributed by atoms with van der Waals surface area (Å²) in [6, 6.07) is 29.6. The first-order chi connectivity index (χ1) is 11.2. The molecule has 2 nitrogen and oxygen atoms in total. The molecule has 0 unspecified atom stereocenters. The summed E-state index contributed by atoms with van der Waals surface area (Å²) >= 11 is 0. The van der Waals surface area contributed by atoms with Crippen LogP contribution in [0.4, 0.5) is 0 Å². The Morgan fingerprint density at radius 1 is 0.667 bits per heavy atom. The average molecular weight is 423 g/mol. The van der Waals surface area contributed by atoms with Gasteiger partial charge in [0, 0.05) is 23.6 Å². The number of esters is 1. The fourth-order valence-electron chi connectivity index (χ4n) is 2.91. The van der Waals surface area contributed by atoms with Crippen LogP contribution >= 0.6 is 0 Å². The maximum absolute atomic E-state index is 12.0. The summed E-state index contributed by atoms with van der Waals surface area (Å²) in [4.78, 5) is 12.0. The van der Waals surface area contributed by atoms with Gasteiger partial charge in [-0.25, -0.2) is 0 Å². The molecule has 2 radical (unpaired) electrons. The Kier molecular flexibility index (Phi) is 6.21. The number of ether oxygens (including phenoxy) is 1. The van der Waals surface area contributed by atoms with E-state index in [-0.39, 0.29) is 29.9 Å². The molecule has 3 heteroatoms. The predicted molar refractivity (Wildman–Crippen MR) is 99.5 cm³/mol. The van der Waals surface area contributed by atoms with E-state index in [9.17, 15) is 4.79 Å². The van der Waals surface area contributed by atoms with Gasteiger partial charge in [0.15, 0.2) is 5.60 Å². The Morgan fingerprint density at radius 3 is 1.21 bits per heavy atom. The number of carbonyl (C=O) groups is 1. The van der Waals surface area contributed by atoms with Gasteiger partial charge in [0.1, 0.15) is 0 Å². The summed E-state index contributed by atoms with van der Waals surface area (Å²) in [5.41, 5.74) is 1.82. The fourth-order valence-corrected chi connectivity index (χ4v) is 2.91. The second-order valence-corrected chi connectivity index (χ2v) is 5.37. The van der Waals surface area contributed by atoms with Gasteiger partial charge in [-0.1, -0.05) is 91.0 Å². The number of carbonyl (C=O) groups excluding carboxylic acids is 1. The predicted octanol–water partition coefficient (Wildman–Crippen LogP) is 3.63. The molecule has 24 heavy (non-hydrogen) atoms. The number of benzene rings is 3. The van der Waals surface area contributed by atoms with Gasteiger partial charge >= 0.3 is 29.9 Å². The molecule has 0 aromatic heterocycles. The molecule has 0 amide bonds. The van der Waals surface area contributed by atoms with Crippen LogP contribution in [0, 0.1) is 0 Å². The Bertz CT molecular complexity index is 674. The van der Waals surface area contributed by atoms with Gasteiger partial charge in [-0.2, -0.15) is 0 Å². The molecule has 0 atom stereocenters. The van der Waals surface area contributed by atoms with Crippen molar-refractivity contribution >= 4 is 29.9 Å². The van der Waals surface area contributed by atoms with Gasteiger partial charge in [0.05, 0.1) is 0 Å². The van der Waals surface area contributed by atoms with Gasteiger partial charge in [-0.15, -0.1) is 0 Å². The van der Waals surface area contributed by atoms with E-state index < -0.39 is 5.60 Å². The Labute approximate surface area is 159 Å². The zero-order chi connectivity index (χ0) is 16.1. The van der Waals surface area contributed by atoms with Crippen molar-refractivity contribution in [2.24, 2.45) is 0 Å². The molecule has 0 N–H and O–H groups in total. The molecular formula is C21H20O2Sn. The first-order valence-electron chi connectivity index (χ1n) is 7.59. The van der Waals surface area contributed by atoms with Crippen LogP contribution in [-0.4, -0.2) is 29.9 Å². The van der Waals surface area contributed by atoms with Crippen LogP contribution in [0.2, 0.25) is 0 Å². The topological polar surface area (TPSA) is 26.3 Å². The van der Waals surface area contributed by atoms with Crippen LogP contribution in [0.25, 0.3) is 0 Å². The molecule has 3 aromatic carbocycles. The molecule has 0 saturated carbocycles. The molecule has 0 fully saturated rings. The molecular weight excluding hydrogens is 403 g/mol. The minimum atomic E-state index is -0.949. The summed E-state index contributed by atoms with van der Waals surface area (Å²) in [5, 5.41) is 0. The molecule has 0 saturated heterocycles. The molecule has 3 rings (SSSR count). The molecule has 3 aromatic rings. The summed E-state index contributed by atoms with van der Waals surface area (Å²) in [6.07, 6.45) is 0. The summed E-state index contributed by atoms with van der Waals surface area (Å²) in [6.45, 7) is 1.45. The second kappa shape index (κ2) is 8.15. The van der Waals surface area contributed by atoms with Crippen molar-refractivity contribution in [3.63, 3.8) is 0 Å². The Balaban J connectivity index is 0.00000208. The van der Waals surface area contributed by atoms with Crippen molar-refractivity contribution < 1.29 is 9.53 Å². The van der Waals surface area contributed by atoms with E-state index in [0.29, 0.717) is 0 Å². The van der Waals surface area contributed by atoms with Crippen molar-refractivity contribution in [3.8, 4) is 0 Å². The van der Waals surface area contributed by atoms with Gasteiger partial charge in [0.25, 0.3) is 0 Å². The third-order valence-corrected chi connectivity index (χ3v) is 3.84.